The second kappa shape index (κ2) is 7.25. The summed E-state index contributed by atoms with van der Waals surface area (Å²) in [4.78, 5) is 0. The van der Waals surface area contributed by atoms with Crippen LogP contribution >= 0.6 is 0 Å². The molecule has 0 aliphatic rings. The number of hydrazine groups is 1. The maximum atomic E-state index is 3.63. The quantitative estimate of drug-likeness (QED) is 0.459. The minimum Gasteiger partial charge on any atom is -0.261 e. The fraction of sp³-hybridized carbons (Fsp3) is 0.333. The van der Waals surface area contributed by atoms with Crippen molar-refractivity contribution in [2.24, 2.45) is 0 Å². The minimum atomic E-state index is 0.812. The van der Waals surface area contributed by atoms with Crippen LogP contribution in [-0.4, -0.2) is 13.6 Å². The first-order valence-electron chi connectivity index (χ1n) is 3.69. The van der Waals surface area contributed by atoms with E-state index in [-0.39, 0.29) is 0 Å². The Morgan fingerprint density at radius 3 is 2.73 bits per heavy atom. The van der Waals surface area contributed by atoms with Crippen LogP contribution < -0.4 is 10.9 Å². The molecule has 2 N–H and O–H groups in total. The molecule has 0 aliphatic carbocycles. The summed E-state index contributed by atoms with van der Waals surface area (Å²) in [6, 6.07) is 0. The largest absolute Gasteiger partial charge is 0.261 e. The van der Waals surface area contributed by atoms with E-state index in [1.165, 1.54) is 5.57 Å². The normalized spacial score (nSPS) is 12.4. The SMILES string of the molecule is C=C/C=C(\C=C/C)CNNC. The van der Waals surface area contributed by atoms with Gasteiger partial charge >= 0.3 is 0 Å². The van der Waals surface area contributed by atoms with Crippen molar-refractivity contribution in [2.75, 3.05) is 13.6 Å². The molecule has 0 unspecified atom stereocenters. The van der Waals surface area contributed by atoms with E-state index >= 15 is 0 Å². The highest BCUT2D eigenvalue weighted by Gasteiger charge is 1.86. The highest BCUT2D eigenvalue weighted by atomic mass is 15.3. The van der Waals surface area contributed by atoms with E-state index in [1.54, 1.807) is 6.08 Å². The summed E-state index contributed by atoms with van der Waals surface area (Å²) in [5.74, 6) is 0. The van der Waals surface area contributed by atoms with Crippen molar-refractivity contribution in [2.45, 2.75) is 6.92 Å². The van der Waals surface area contributed by atoms with Crippen LogP contribution in [0.3, 0.4) is 0 Å². The second-order valence-corrected chi connectivity index (χ2v) is 2.08. The standard InChI is InChI=1S/C9H16N2/c1-4-6-9(7-5-2)8-11-10-3/h4-7,10-11H,1,8H2,2-3H3/b7-5-,9-6+. The van der Waals surface area contributed by atoms with Crippen molar-refractivity contribution in [1.82, 2.24) is 10.9 Å². The monoisotopic (exact) mass is 152 g/mol. The molecule has 0 saturated carbocycles. The molecule has 2 nitrogen and oxygen atoms in total. The van der Waals surface area contributed by atoms with Crippen molar-refractivity contribution in [1.29, 1.82) is 0 Å². The van der Waals surface area contributed by atoms with Gasteiger partial charge in [0, 0.05) is 6.54 Å². The third-order valence-corrected chi connectivity index (χ3v) is 1.18. The van der Waals surface area contributed by atoms with Crippen molar-refractivity contribution in [3.8, 4) is 0 Å². The van der Waals surface area contributed by atoms with Gasteiger partial charge in [-0.2, -0.15) is 0 Å². The second-order valence-electron chi connectivity index (χ2n) is 2.08. The molecule has 0 atom stereocenters. The molecule has 0 bridgehead atoms. The van der Waals surface area contributed by atoms with E-state index in [1.807, 2.05) is 32.2 Å². The Labute approximate surface area is 68.7 Å². The van der Waals surface area contributed by atoms with Crippen LogP contribution in [0.2, 0.25) is 0 Å². The van der Waals surface area contributed by atoms with Gasteiger partial charge in [-0.15, -0.1) is 0 Å². The third-order valence-electron chi connectivity index (χ3n) is 1.18. The van der Waals surface area contributed by atoms with E-state index in [0.29, 0.717) is 0 Å². The van der Waals surface area contributed by atoms with Gasteiger partial charge in [0.1, 0.15) is 0 Å². The molecule has 11 heavy (non-hydrogen) atoms. The number of rotatable bonds is 5. The van der Waals surface area contributed by atoms with Gasteiger partial charge in [0.05, 0.1) is 0 Å². The molecule has 0 radical (unpaired) electrons. The molecule has 0 saturated heterocycles. The highest BCUT2D eigenvalue weighted by Crippen LogP contribution is 1.94. The van der Waals surface area contributed by atoms with Gasteiger partial charge < -0.3 is 0 Å². The number of hydrogen-bond donors (Lipinski definition) is 2. The van der Waals surface area contributed by atoms with Crippen LogP contribution in [0.5, 0.6) is 0 Å². The number of allylic oxidation sites excluding steroid dienone is 3. The first-order valence-corrected chi connectivity index (χ1v) is 3.69. The average Bonchev–Trinajstić information content (AvgIpc) is 2.01. The summed E-state index contributed by atoms with van der Waals surface area (Å²) in [7, 11) is 1.85. The van der Waals surface area contributed by atoms with Crippen LogP contribution in [0, 0.1) is 0 Å². The van der Waals surface area contributed by atoms with Gasteiger partial charge in [-0.25, -0.2) is 0 Å². The molecular formula is C9H16N2. The average molecular weight is 152 g/mol. The van der Waals surface area contributed by atoms with Gasteiger partial charge in [0.15, 0.2) is 0 Å². The summed E-state index contributed by atoms with van der Waals surface area (Å²) >= 11 is 0. The Kier molecular flexibility index (Phi) is 6.68. The van der Waals surface area contributed by atoms with Crippen LogP contribution in [-0.2, 0) is 0 Å². The summed E-state index contributed by atoms with van der Waals surface area (Å²) in [6.07, 6.45) is 7.82. The lowest BCUT2D eigenvalue weighted by molar-refractivity contribution is 0.638. The molecule has 0 aliphatic heterocycles. The lowest BCUT2D eigenvalue weighted by atomic mass is 10.2. The van der Waals surface area contributed by atoms with Crippen LogP contribution in [0.15, 0.2) is 36.5 Å². The van der Waals surface area contributed by atoms with Gasteiger partial charge in [-0.05, 0) is 19.5 Å². The Morgan fingerprint density at radius 1 is 1.55 bits per heavy atom. The van der Waals surface area contributed by atoms with E-state index < -0.39 is 0 Å². The molecule has 2 heteroatoms. The lowest BCUT2D eigenvalue weighted by Gasteiger charge is -2.01. The summed E-state index contributed by atoms with van der Waals surface area (Å²) in [6.45, 7) is 6.44. The number of nitrogens with one attached hydrogen (secondary N) is 2. The molecule has 0 fully saturated rings. The maximum absolute atomic E-state index is 3.63. The van der Waals surface area contributed by atoms with Gasteiger partial charge in [0.2, 0.25) is 0 Å². The van der Waals surface area contributed by atoms with Crippen molar-refractivity contribution >= 4 is 0 Å². The summed E-state index contributed by atoms with van der Waals surface area (Å²) in [5, 5.41) is 0. The molecular weight excluding hydrogens is 136 g/mol. The minimum absolute atomic E-state index is 0.812. The van der Waals surface area contributed by atoms with Crippen molar-refractivity contribution < 1.29 is 0 Å². The van der Waals surface area contributed by atoms with Crippen LogP contribution in [0.1, 0.15) is 6.92 Å². The Morgan fingerprint density at radius 2 is 2.27 bits per heavy atom. The summed E-state index contributed by atoms with van der Waals surface area (Å²) in [5.41, 5.74) is 7.06. The first-order chi connectivity index (χ1) is 5.35. The van der Waals surface area contributed by atoms with Crippen LogP contribution in [0.4, 0.5) is 0 Å². The van der Waals surface area contributed by atoms with E-state index in [2.05, 4.69) is 17.4 Å². The van der Waals surface area contributed by atoms with Crippen molar-refractivity contribution in [3.05, 3.63) is 36.5 Å². The predicted octanol–water partition coefficient (Wildman–Crippen LogP) is 1.40. The molecule has 0 aromatic carbocycles. The molecule has 0 aromatic rings. The molecule has 0 heterocycles. The topological polar surface area (TPSA) is 24.1 Å². The van der Waals surface area contributed by atoms with Gasteiger partial charge in [-0.1, -0.05) is 30.9 Å². The zero-order chi connectivity index (χ0) is 8.53. The van der Waals surface area contributed by atoms with E-state index in [9.17, 15) is 0 Å². The van der Waals surface area contributed by atoms with E-state index in [0.717, 1.165) is 6.54 Å². The fourth-order valence-corrected chi connectivity index (χ4v) is 0.729. The molecule has 0 rings (SSSR count). The van der Waals surface area contributed by atoms with Gasteiger partial charge in [-0.3, -0.25) is 10.9 Å². The lowest BCUT2D eigenvalue weighted by Crippen LogP contribution is -2.29. The number of hydrogen-bond acceptors (Lipinski definition) is 2. The molecule has 0 amide bonds. The molecule has 62 valence electrons. The predicted molar refractivity (Wildman–Crippen MR) is 50.2 cm³/mol. The van der Waals surface area contributed by atoms with Crippen molar-refractivity contribution in [3.63, 3.8) is 0 Å². The Balaban J connectivity index is 3.89. The fourth-order valence-electron chi connectivity index (χ4n) is 0.729. The summed E-state index contributed by atoms with van der Waals surface area (Å²) < 4.78 is 0. The zero-order valence-electron chi connectivity index (χ0n) is 7.22. The first kappa shape index (κ1) is 10.1. The maximum Gasteiger partial charge on any atom is 0.0350 e. The highest BCUT2D eigenvalue weighted by molar-refractivity contribution is 5.23. The zero-order valence-corrected chi connectivity index (χ0v) is 7.22. The smallest absolute Gasteiger partial charge is 0.0350 e. The van der Waals surface area contributed by atoms with E-state index in [4.69, 9.17) is 0 Å². The molecule has 0 aromatic heterocycles. The Hall–Kier alpha value is -0.860. The third kappa shape index (κ3) is 5.58. The Bertz CT molecular complexity index is 157. The molecule has 0 spiro atoms. The van der Waals surface area contributed by atoms with Gasteiger partial charge in [0.25, 0.3) is 0 Å². The van der Waals surface area contributed by atoms with Crippen LogP contribution in [0.25, 0.3) is 0 Å².